The normalized spacial score (nSPS) is 16.8. The number of hydrogen-bond donors (Lipinski definition) is 1. The first-order chi connectivity index (χ1) is 8.29. The highest BCUT2D eigenvalue weighted by Gasteiger charge is 2.16. The minimum atomic E-state index is 0.175. The van der Waals surface area contributed by atoms with Gasteiger partial charge in [-0.25, -0.2) is 0 Å². The second kappa shape index (κ2) is 5.72. The van der Waals surface area contributed by atoms with E-state index in [9.17, 15) is 0 Å². The maximum Gasteiger partial charge on any atom is 0.240 e. The Balaban J connectivity index is 2.02. The summed E-state index contributed by atoms with van der Waals surface area (Å²) in [5.41, 5.74) is 6.28. The molecule has 1 fully saturated rings. The van der Waals surface area contributed by atoms with Crippen LogP contribution >= 0.6 is 0 Å². The first-order valence-corrected chi connectivity index (χ1v) is 5.93. The SMILES string of the molecule is CCOc1nc(OC2CCOCC2)ccc1N. The van der Waals surface area contributed by atoms with Gasteiger partial charge in [0, 0.05) is 18.9 Å². The van der Waals surface area contributed by atoms with Gasteiger partial charge in [0.15, 0.2) is 0 Å². The van der Waals surface area contributed by atoms with E-state index in [0.29, 0.717) is 24.1 Å². The van der Waals surface area contributed by atoms with Crippen LogP contribution in [-0.2, 0) is 4.74 Å². The molecule has 1 aliphatic heterocycles. The van der Waals surface area contributed by atoms with E-state index in [1.54, 1.807) is 12.1 Å². The van der Waals surface area contributed by atoms with Gasteiger partial charge < -0.3 is 19.9 Å². The molecule has 1 aromatic heterocycles. The van der Waals surface area contributed by atoms with E-state index in [1.165, 1.54) is 0 Å². The zero-order chi connectivity index (χ0) is 12.1. The molecule has 1 aliphatic rings. The number of anilines is 1. The van der Waals surface area contributed by atoms with Gasteiger partial charge in [-0.15, -0.1) is 0 Å². The van der Waals surface area contributed by atoms with Crippen molar-refractivity contribution in [1.29, 1.82) is 0 Å². The largest absolute Gasteiger partial charge is 0.476 e. The summed E-state index contributed by atoms with van der Waals surface area (Å²) in [7, 11) is 0. The molecule has 1 saturated heterocycles. The summed E-state index contributed by atoms with van der Waals surface area (Å²) in [6.07, 6.45) is 1.97. The summed E-state index contributed by atoms with van der Waals surface area (Å²) >= 11 is 0. The average Bonchev–Trinajstić information content (AvgIpc) is 2.35. The Morgan fingerprint density at radius 1 is 1.41 bits per heavy atom. The van der Waals surface area contributed by atoms with Crippen LogP contribution in [0, 0.1) is 0 Å². The molecule has 94 valence electrons. The minimum Gasteiger partial charge on any atom is -0.476 e. The first kappa shape index (κ1) is 12.0. The summed E-state index contributed by atoms with van der Waals surface area (Å²) in [6.45, 7) is 3.93. The molecule has 17 heavy (non-hydrogen) atoms. The van der Waals surface area contributed by atoms with Gasteiger partial charge in [0.25, 0.3) is 0 Å². The van der Waals surface area contributed by atoms with Gasteiger partial charge in [0.2, 0.25) is 11.8 Å². The average molecular weight is 238 g/mol. The van der Waals surface area contributed by atoms with Gasteiger partial charge in [-0.3, -0.25) is 0 Å². The molecule has 1 aromatic rings. The zero-order valence-electron chi connectivity index (χ0n) is 10.0. The van der Waals surface area contributed by atoms with Crippen molar-refractivity contribution in [2.45, 2.75) is 25.9 Å². The summed E-state index contributed by atoms with van der Waals surface area (Å²) in [5.74, 6) is 1.01. The molecule has 0 radical (unpaired) electrons. The molecule has 5 nitrogen and oxygen atoms in total. The van der Waals surface area contributed by atoms with Crippen LogP contribution in [0.4, 0.5) is 5.69 Å². The Labute approximate surface area is 101 Å². The molecule has 2 rings (SSSR count). The van der Waals surface area contributed by atoms with Crippen LogP contribution in [0.3, 0.4) is 0 Å². The quantitative estimate of drug-likeness (QED) is 0.863. The van der Waals surface area contributed by atoms with Crippen molar-refractivity contribution in [3.05, 3.63) is 12.1 Å². The lowest BCUT2D eigenvalue weighted by atomic mass is 10.1. The molecule has 0 amide bonds. The Bertz CT molecular complexity index is 365. The van der Waals surface area contributed by atoms with Crippen molar-refractivity contribution in [3.8, 4) is 11.8 Å². The molecule has 0 aromatic carbocycles. The van der Waals surface area contributed by atoms with Gasteiger partial charge in [-0.05, 0) is 13.0 Å². The third kappa shape index (κ3) is 3.23. The lowest BCUT2D eigenvalue weighted by molar-refractivity contribution is 0.0235. The Morgan fingerprint density at radius 2 is 2.18 bits per heavy atom. The maximum atomic E-state index is 5.77. The third-order valence-electron chi connectivity index (χ3n) is 2.60. The molecule has 5 heteroatoms. The number of hydrogen-bond acceptors (Lipinski definition) is 5. The van der Waals surface area contributed by atoms with Crippen LogP contribution in [0.15, 0.2) is 12.1 Å². The predicted octanol–water partition coefficient (Wildman–Crippen LogP) is 1.62. The number of rotatable bonds is 4. The fraction of sp³-hybridized carbons (Fsp3) is 0.583. The van der Waals surface area contributed by atoms with Gasteiger partial charge in [-0.1, -0.05) is 0 Å². The number of nitrogens with two attached hydrogens (primary N) is 1. The van der Waals surface area contributed by atoms with Crippen LogP contribution in [0.5, 0.6) is 11.8 Å². The monoisotopic (exact) mass is 238 g/mol. The summed E-state index contributed by atoms with van der Waals surface area (Å²) < 4.78 is 16.4. The molecule has 2 heterocycles. The second-order valence-electron chi connectivity index (χ2n) is 3.91. The second-order valence-corrected chi connectivity index (χ2v) is 3.91. The Morgan fingerprint density at radius 3 is 2.88 bits per heavy atom. The molecular formula is C12H18N2O3. The molecule has 0 spiro atoms. The lowest BCUT2D eigenvalue weighted by Crippen LogP contribution is -2.26. The van der Waals surface area contributed by atoms with E-state index in [1.807, 2.05) is 6.92 Å². The Hall–Kier alpha value is -1.49. The standard InChI is InChI=1S/C12H18N2O3/c1-2-16-12-10(13)3-4-11(14-12)17-9-5-7-15-8-6-9/h3-4,9H,2,5-8,13H2,1H3. The number of ether oxygens (including phenoxy) is 3. The van der Waals surface area contributed by atoms with Crippen LogP contribution < -0.4 is 15.2 Å². The van der Waals surface area contributed by atoms with Gasteiger partial charge in [0.05, 0.1) is 25.5 Å². The molecule has 2 N–H and O–H groups in total. The molecule has 0 unspecified atom stereocenters. The van der Waals surface area contributed by atoms with Crippen LogP contribution in [0.25, 0.3) is 0 Å². The van der Waals surface area contributed by atoms with Crippen molar-refractivity contribution in [2.75, 3.05) is 25.6 Å². The smallest absolute Gasteiger partial charge is 0.240 e. The highest BCUT2D eigenvalue weighted by molar-refractivity contribution is 5.49. The number of aromatic nitrogens is 1. The van der Waals surface area contributed by atoms with E-state index in [-0.39, 0.29) is 6.10 Å². The van der Waals surface area contributed by atoms with Crippen molar-refractivity contribution >= 4 is 5.69 Å². The van der Waals surface area contributed by atoms with E-state index < -0.39 is 0 Å². The summed E-state index contributed by atoms with van der Waals surface area (Å²) in [4.78, 5) is 4.25. The lowest BCUT2D eigenvalue weighted by Gasteiger charge is -2.22. The highest BCUT2D eigenvalue weighted by Crippen LogP contribution is 2.24. The zero-order valence-corrected chi connectivity index (χ0v) is 10.0. The van der Waals surface area contributed by atoms with Crippen molar-refractivity contribution in [1.82, 2.24) is 4.98 Å². The van der Waals surface area contributed by atoms with Gasteiger partial charge in [-0.2, -0.15) is 4.98 Å². The van der Waals surface area contributed by atoms with Crippen molar-refractivity contribution < 1.29 is 14.2 Å². The molecular weight excluding hydrogens is 220 g/mol. The van der Waals surface area contributed by atoms with Crippen LogP contribution in [-0.4, -0.2) is 30.9 Å². The van der Waals surface area contributed by atoms with E-state index >= 15 is 0 Å². The van der Waals surface area contributed by atoms with Crippen molar-refractivity contribution in [3.63, 3.8) is 0 Å². The van der Waals surface area contributed by atoms with Crippen molar-refractivity contribution in [2.24, 2.45) is 0 Å². The predicted molar refractivity (Wildman–Crippen MR) is 64.3 cm³/mol. The van der Waals surface area contributed by atoms with Crippen LogP contribution in [0.2, 0.25) is 0 Å². The first-order valence-electron chi connectivity index (χ1n) is 5.93. The van der Waals surface area contributed by atoms with Crippen LogP contribution in [0.1, 0.15) is 19.8 Å². The molecule has 0 aliphatic carbocycles. The van der Waals surface area contributed by atoms with E-state index in [4.69, 9.17) is 19.9 Å². The van der Waals surface area contributed by atoms with Gasteiger partial charge >= 0.3 is 0 Å². The topological polar surface area (TPSA) is 66.6 Å². The maximum absolute atomic E-state index is 5.77. The molecule has 0 atom stereocenters. The fourth-order valence-corrected chi connectivity index (χ4v) is 1.72. The number of nitrogens with zero attached hydrogens (tertiary/aromatic N) is 1. The summed E-state index contributed by atoms with van der Waals surface area (Å²) in [6, 6.07) is 3.53. The molecule has 0 bridgehead atoms. The highest BCUT2D eigenvalue weighted by atomic mass is 16.5. The summed E-state index contributed by atoms with van der Waals surface area (Å²) in [5, 5.41) is 0. The fourth-order valence-electron chi connectivity index (χ4n) is 1.72. The van der Waals surface area contributed by atoms with E-state index in [2.05, 4.69) is 4.98 Å². The Kier molecular flexibility index (Phi) is 4.03. The molecule has 0 saturated carbocycles. The minimum absolute atomic E-state index is 0.175. The number of nitrogen functional groups attached to an aromatic ring is 1. The third-order valence-corrected chi connectivity index (χ3v) is 2.60. The van der Waals surface area contributed by atoms with E-state index in [0.717, 1.165) is 26.1 Å². The number of pyridine rings is 1. The van der Waals surface area contributed by atoms with Gasteiger partial charge in [0.1, 0.15) is 6.10 Å².